The van der Waals surface area contributed by atoms with Crippen LogP contribution in [-0.2, 0) is 6.54 Å². The Balaban J connectivity index is 1.76. The Morgan fingerprint density at radius 1 is 1.17 bits per heavy atom. The topological polar surface area (TPSA) is 29.3 Å². The summed E-state index contributed by atoms with van der Waals surface area (Å²) < 4.78 is 2.01. The van der Waals surface area contributed by atoms with Gasteiger partial charge >= 0.3 is 0 Å². The molecule has 2 aromatic heterocycles. The van der Waals surface area contributed by atoms with Crippen LogP contribution in [0.5, 0.6) is 0 Å². The minimum atomic E-state index is 0.683. The molecule has 18 heavy (non-hydrogen) atoms. The molecule has 0 saturated heterocycles. The third-order valence-corrected chi connectivity index (χ3v) is 2.95. The molecule has 3 nitrogen and oxygen atoms in total. The first-order chi connectivity index (χ1) is 8.81. The van der Waals surface area contributed by atoms with Crippen LogP contribution in [0.25, 0.3) is 5.65 Å². The molecular formula is C14H12ClN3. The van der Waals surface area contributed by atoms with E-state index < -0.39 is 0 Å². The molecule has 0 spiro atoms. The normalized spacial score (nSPS) is 10.7. The van der Waals surface area contributed by atoms with E-state index in [4.69, 9.17) is 11.6 Å². The van der Waals surface area contributed by atoms with Gasteiger partial charge in [0.15, 0.2) is 0 Å². The van der Waals surface area contributed by atoms with Crippen molar-refractivity contribution in [2.24, 2.45) is 0 Å². The van der Waals surface area contributed by atoms with Gasteiger partial charge in [0.2, 0.25) is 0 Å². The van der Waals surface area contributed by atoms with Gasteiger partial charge in [-0.1, -0.05) is 23.7 Å². The van der Waals surface area contributed by atoms with Crippen LogP contribution in [0.2, 0.25) is 5.02 Å². The van der Waals surface area contributed by atoms with Gasteiger partial charge in [-0.05, 0) is 30.3 Å². The lowest BCUT2D eigenvalue weighted by molar-refractivity contribution is 1.08. The Morgan fingerprint density at radius 3 is 2.94 bits per heavy atom. The van der Waals surface area contributed by atoms with E-state index >= 15 is 0 Å². The van der Waals surface area contributed by atoms with Crippen molar-refractivity contribution in [3.05, 3.63) is 65.6 Å². The Bertz CT molecular complexity index is 642. The van der Waals surface area contributed by atoms with E-state index in [0.29, 0.717) is 6.54 Å². The predicted molar refractivity (Wildman–Crippen MR) is 74.0 cm³/mol. The molecule has 0 fully saturated rings. The standard InChI is InChI=1S/C14H12ClN3/c15-11-4-3-5-12(8-11)16-9-13-10-18-7-2-1-6-14(18)17-13/h1-8,10,16H,9H2. The second-order valence-electron chi connectivity index (χ2n) is 4.06. The summed E-state index contributed by atoms with van der Waals surface area (Å²) in [7, 11) is 0. The number of benzene rings is 1. The highest BCUT2D eigenvalue weighted by Crippen LogP contribution is 2.15. The number of nitrogens with zero attached hydrogens (tertiary/aromatic N) is 2. The van der Waals surface area contributed by atoms with E-state index in [-0.39, 0.29) is 0 Å². The number of pyridine rings is 1. The number of hydrogen-bond donors (Lipinski definition) is 1. The first kappa shape index (κ1) is 11.1. The summed E-state index contributed by atoms with van der Waals surface area (Å²) in [6, 6.07) is 13.6. The summed E-state index contributed by atoms with van der Waals surface area (Å²) in [4.78, 5) is 4.52. The van der Waals surface area contributed by atoms with E-state index in [9.17, 15) is 0 Å². The number of hydrogen-bond acceptors (Lipinski definition) is 2. The smallest absolute Gasteiger partial charge is 0.137 e. The fourth-order valence-electron chi connectivity index (χ4n) is 1.86. The third kappa shape index (κ3) is 2.31. The molecule has 0 bridgehead atoms. The zero-order chi connectivity index (χ0) is 12.4. The van der Waals surface area contributed by atoms with Crippen molar-refractivity contribution in [2.75, 3.05) is 5.32 Å². The molecule has 0 aliphatic carbocycles. The average molecular weight is 258 g/mol. The van der Waals surface area contributed by atoms with Crippen LogP contribution < -0.4 is 5.32 Å². The van der Waals surface area contributed by atoms with Crippen LogP contribution in [0.3, 0.4) is 0 Å². The van der Waals surface area contributed by atoms with Gasteiger partial charge in [0.05, 0.1) is 12.2 Å². The van der Waals surface area contributed by atoms with Crippen LogP contribution >= 0.6 is 11.6 Å². The SMILES string of the molecule is Clc1cccc(NCc2cn3ccccc3n2)c1. The molecule has 1 N–H and O–H groups in total. The molecule has 1 aromatic carbocycles. The number of rotatable bonds is 3. The molecule has 0 saturated carbocycles. The molecule has 0 aliphatic rings. The Hall–Kier alpha value is -2.00. The van der Waals surface area contributed by atoms with Crippen molar-refractivity contribution in [1.82, 2.24) is 9.38 Å². The van der Waals surface area contributed by atoms with Crippen LogP contribution in [0.1, 0.15) is 5.69 Å². The van der Waals surface area contributed by atoms with Crippen LogP contribution in [0.15, 0.2) is 54.9 Å². The zero-order valence-electron chi connectivity index (χ0n) is 9.68. The molecule has 4 heteroatoms. The number of anilines is 1. The third-order valence-electron chi connectivity index (χ3n) is 2.71. The maximum absolute atomic E-state index is 5.93. The van der Waals surface area contributed by atoms with Crippen molar-refractivity contribution in [2.45, 2.75) is 6.54 Å². The molecule has 2 heterocycles. The fraction of sp³-hybridized carbons (Fsp3) is 0.0714. The molecule has 3 aromatic rings. The van der Waals surface area contributed by atoms with Crippen molar-refractivity contribution in [3.8, 4) is 0 Å². The summed E-state index contributed by atoms with van der Waals surface area (Å²) in [6.45, 7) is 0.683. The minimum absolute atomic E-state index is 0.683. The maximum Gasteiger partial charge on any atom is 0.137 e. The predicted octanol–water partition coefficient (Wildman–Crippen LogP) is 3.60. The highest BCUT2D eigenvalue weighted by atomic mass is 35.5. The molecule has 0 atom stereocenters. The Labute approximate surface area is 110 Å². The van der Waals surface area contributed by atoms with Crippen LogP contribution in [-0.4, -0.2) is 9.38 Å². The highest BCUT2D eigenvalue weighted by Gasteiger charge is 2.00. The minimum Gasteiger partial charge on any atom is -0.379 e. The summed E-state index contributed by atoms with van der Waals surface area (Å²) in [5.74, 6) is 0. The lowest BCUT2D eigenvalue weighted by Crippen LogP contribution is -1.99. The van der Waals surface area contributed by atoms with Gasteiger partial charge in [0.25, 0.3) is 0 Å². The van der Waals surface area contributed by atoms with E-state index in [2.05, 4.69) is 10.3 Å². The van der Waals surface area contributed by atoms with Crippen molar-refractivity contribution in [1.29, 1.82) is 0 Å². The number of nitrogens with one attached hydrogen (secondary N) is 1. The summed E-state index contributed by atoms with van der Waals surface area (Å²) in [6.07, 6.45) is 4.01. The molecular weight excluding hydrogens is 246 g/mol. The second-order valence-corrected chi connectivity index (χ2v) is 4.50. The molecule has 0 unspecified atom stereocenters. The van der Waals surface area contributed by atoms with E-state index in [1.165, 1.54) is 0 Å². The number of fused-ring (bicyclic) bond motifs is 1. The van der Waals surface area contributed by atoms with Gasteiger partial charge in [-0.25, -0.2) is 4.98 Å². The van der Waals surface area contributed by atoms with Gasteiger partial charge in [0, 0.05) is 23.1 Å². The monoisotopic (exact) mass is 257 g/mol. The van der Waals surface area contributed by atoms with E-state index in [1.54, 1.807) is 0 Å². The van der Waals surface area contributed by atoms with Gasteiger partial charge in [-0.15, -0.1) is 0 Å². The van der Waals surface area contributed by atoms with Crippen LogP contribution in [0.4, 0.5) is 5.69 Å². The molecule has 0 aliphatic heterocycles. The molecule has 90 valence electrons. The summed E-state index contributed by atoms with van der Waals surface area (Å²) >= 11 is 5.93. The number of imidazole rings is 1. The second kappa shape index (κ2) is 4.70. The van der Waals surface area contributed by atoms with Crippen LogP contribution in [0, 0.1) is 0 Å². The van der Waals surface area contributed by atoms with Crippen molar-refractivity contribution in [3.63, 3.8) is 0 Å². The van der Waals surface area contributed by atoms with Gasteiger partial charge in [-0.2, -0.15) is 0 Å². The Kier molecular flexibility index (Phi) is 2.90. The van der Waals surface area contributed by atoms with Gasteiger partial charge in [0.1, 0.15) is 5.65 Å². The van der Waals surface area contributed by atoms with Gasteiger partial charge in [-0.3, -0.25) is 0 Å². The lowest BCUT2D eigenvalue weighted by atomic mass is 10.3. The first-order valence-electron chi connectivity index (χ1n) is 5.73. The molecule has 3 rings (SSSR count). The Morgan fingerprint density at radius 2 is 2.11 bits per heavy atom. The average Bonchev–Trinajstić information content (AvgIpc) is 2.79. The highest BCUT2D eigenvalue weighted by molar-refractivity contribution is 6.30. The van der Waals surface area contributed by atoms with E-state index in [1.807, 2.05) is 59.3 Å². The zero-order valence-corrected chi connectivity index (χ0v) is 10.4. The summed E-state index contributed by atoms with van der Waals surface area (Å²) in [5.41, 5.74) is 2.96. The largest absolute Gasteiger partial charge is 0.379 e. The maximum atomic E-state index is 5.93. The lowest BCUT2D eigenvalue weighted by Gasteiger charge is -2.03. The molecule has 0 radical (unpaired) electrons. The van der Waals surface area contributed by atoms with E-state index in [0.717, 1.165) is 22.1 Å². The quantitative estimate of drug-likeness (QED) is 0.777. The fourth-order valence-corrected chi connectivity index (χ4v) is 2.05. The van der Waals surface area contributed by atoms with Crippen molar-refractivity contribution >= 4 is 22.9 Å². The molecule has 0 amide bonds. The van der Waals surface area contributed by atoms with Crippen molar-refractivity contribution < 1.29 is 0 Å². The summed E-state index contributed by atoms with van der Waals surface area (Å²) in [5, 5.41) is 4.03. The van der Waals surface area contributed by atoms with Gasteiger partial charge < -0.3 is 9.72 Å². The first-order valence-corrected chi connectivity index (χ1v) is 6.11. The number of aromatic nitrogens is 2. The number of halogens is 1.